The van der Waals surface area contributed by atoms with Gasteiger partial charge in [-0.3, -0.25) is 0 Å². The Kier molecular flexibility index (Phi) is 4.11. The third-order valence-electron chi connectivity index (χ3n) is 3.65. The standard InChI is InChI=1S/C15H21NO2S/c1-4-14-7-5-6-13(3)16(14)19(17,18)15-10-8-12(2)9-11-15/h5-6,8-11,13-14H,4,7H2,1-3H3/t13-,14-/m1/s1. The lowest BCUT2D eigenvalue weighted by atomic mass is 10.1. The highest BCUT2D eigenvalue weighted by molar-refractivity contribution is 7.89. The molecule has 1 aromatic rings. The van der Waals surface area contributed by atoms with Gasteiger partial charge in [-0.1, -0.05) is 36.8 Å². The fourth-order valence-corrected chi connectivity index (χ4v) is 4.41. The van der Waals surface area contributed by atoms with Gasteiger partial charge in [0.2, 0.25) is 10.0 Å². The van der Waals surface area contributed by atoms with Gasteiger partial charge >= 0.3 is 0 Å². The first-order valence-corrected chi connectivity index (χ1v) is 8.17. The van der Waals surface area contributed by atoms with Crippen molar-refractivity contribution in [1.82, 2.24) is 4.31 Å². The molecule has 0 fully saturated rings. The number of rotatable bonds is 3. The van der Waals surface area contributed by atoms with Crippen LogP contribution in [0.15, 0.2) is 41.3 Å². The van der Waals surface area contributed by atoms with Crippen molar-refractivity contribution in [1.29, 1.82) is 0 Å². The Morgan fingerprint density at radius 3 is 2.47 bits per heavy atom. The second-order valence-electron chi connectivity index (χ2n) is 5.11. The molecule has 0 amide bonds. The van der Waals surface area contributed by atoms with Crippen molar-refractivity contribution in [3.63, 3.8) is 0 Å². The summed E-state index contributed by atoms with van der Waals surface area (Å²) in [5, 5.41) is 0. The van der Waals surface area contributed by atoms with E-state index >= 15 is 0 Å². The van der Waals surface area contributed by atoms with Crippen LogP contribution in [0.4, 0.5) is 0 Å². The van der Waals surface area contributed by atoms with E-state index in [0.29, 0.717) is 4.90 Å². The Morgan fingerprint density at radius 1 is 1.26 bits per heavy atom. The molecule has 0 N–H and O–H groups in total. The number of nitrogens with zero attached hydrogens (tertiary/aromatic N) is 1. The summed E-state index contributed by atoms with van der Waals surface area (Å²) < 4.78 is 27.2. The van der Waals surface area contributed by atoms with Crippen molar-refractivity contribution < 1.29 is 8.42 Å². The summed E-state index contributed by atoms with van der Waals surface area (Å²) >= 11 is 0. The first-order valence-electron chi connectivity index (χ1n) is 6.73. The molecule has 1 aliphatic heterocycles. The van der Waals surface area contributed by atoms with E-state index in [1.165, 1.54) is 0 Å². The number of benzene rings is 1. The van der Waals surface area contributed by atoms with Gasteiger partial charge in [0.1, 0.15) is 0 Å². The van der Waals surface area contributed by atoms with E-state index in [0.717, 1.165) is 18.4 Å². The molecule has 1 aliphatic rings. The van der Waals surface area contributed by atoms with Crippen molar-refractivity contribution in [2.75, 3.05) is 0 Å². The average molecular weight is 279 g/mol. The fourth-order valence-electron chi connectivity index (χ4n) is 2.55. The minimum atomic E-state index is -3.41. The summed E-state index contributed by atoms with van der Waals surface area (Å²) in [6, 6.07) is 7.07. The lowest BCUT2D eigenvalue weighted by Gasteiger charge is -2.36. The van der Waals surface area contributed by atoms with Crippen LogP contribution in [0.25, 0.3) is 0 Å². The van der Waals surface area contributed by atoms with Crippen LogP contribution in [0.2, 0.25) is 0 Å². The van der Waals surface area contributed by atoms with Crippen LogP contribution in [0, 0.1) is 6.92 Å². The van der Waals surface area contributed by atoms with Crippen molar-refractivity contribution in [2.24, 2.45) is 0 Å². The molecule has 2 atom stereocenters. The predicted molar refractivity (Wildman–Crippen MR) is 77.5 cm³/mol. The molecule has 0 saturated heterocycles. The van der Waals surface area contributed by atoms with Gasteiger partial charge in [0.05, 0.1) is 4.90 Å². The Hall–Kier alpha value is -1.13. The third kappa shape index (κ3) is 2.74. The van der Waals surface area contributed by atoms with Crippen LogP contribution in [0.5, 0.6) is 0 Å². The minimum absolute atomic E-state index is 0.0614. The normalized spacial score (nSPS) is 24.6. The molecule has 1 aromatic carbocycles. The molecular formula is C15H21NO2S. The van der Waals surface area contributed by atoms with E-state index in [-0.39, 0.29) is 12.1 Å². The molecule has 0 saturated carbocycles. The summed E-state index contributed by atoms with van der Waals surface area (Å²) in [5.41, 5.74) is 1.07. The van der Waals surface area contributed by atoms with E-state index in [4.69, 9.17) is 0 Å². The summed E-state index contributed by atoms with van der Waals surface area (Å²) in [5.74, 6) is 0. The predicted octanol–water partition coefficient (Wildman–Crippen LogP) is 3.11. The highest BCUT2D eigenvalue weighted by Crippen LogP contribution is 2.27. The summed E-state index contributed by atoms with van der Waals surface area (Å²) in [6.07, 6.45) is 5.68. The van der Waals surface area contributed by atoms with Crippen molar-refractivity contribution in [3.05, 3.63) is 42.0 Å². The Balaban J connectivity index is 2.42. The van der Waals surface area contributed by atoms with Crippen LogP contribution in [-0.2, 0) is 10.0 Å². The van der Waals surface area contributed by atoms with Gasteiger partial charge in [-0.05, 0) is 38.8 Å². The molecule has 3 nitrogen and oxygen atoms in total. The van der Waals surface area contributed by atoms with Gasteiger partial charge in [-0.15, -0.1) is 0 Å². The Bertz CT molecular complexity index is 560. The smallest absolute Gasteiger partial charge is 0.207 e. The van der Waals surface area contributed by atoms with Gasteiger partial charge in [0.15, 0.2) is 0 Å². The summed E-state index contributed by atoms with van der Waals surface area (Å²) in [7, 11) is -3.41. The second kappa shape index (κ2) is 5.47. The van der Waals surface area contributed by atoms with Gasteiger partial charge < -0.3 is 0 Å². The van der Waals surface area contributed by atoms with Crippen LogP contribution in [0.3, 0.4) is 0 Å². The quantitative estimate of drug-likeness (QED) is 0.797. The van der Waals surface area contributed by atoms with Crippen LogP contribution >= 0.6 is 0 Å². The molecule has 0 aliphatic carbocycles. The highest BCUT2D eigenvalue weighted by atomic mass is 32.2. The number of hydrogen-bond acceptors (Lipinski definition) is 2. The molecular weight excluding hydrogens is 258 g/mol. The maximum absolute atomic E-state index is 12.8. The zero-order valence-electron chi connectivity index (χ0n) is 11.7. The molecule has 2 rings (SSSR count). The Morgan fingerprint density at radius 2 is 1.89 bits per heavy atom. The van der Waals surface area contributed by atoms with Gasteiger partial charge in [-0.25, -0.2) is 8.42 Å². The first kappa shape index (κ1) is 14.3. The van der Waals surface area contributed by atoms with Gasteiger partial charge in [-0.2, -0.15) is 4.31 Å². The maximum Gasteiger partial charge on any atom is 0.243 e. The zero-order chi connectivity index (χ0) is 14.0. The maximum atomic E-state index is 12.8. The molecule has 0 aromatic heterocycles. The molecule has 104 valence electrons. The van der Waals surface area contributed by atoms with Crippen LogP contribution in [0.1, 0.15) is 32.3 Å². The summed E-state index contributed by atoms with van der Waals surface area (Å²) in [6.45, 7) is 5.93. The van der Waals surface area contributed by atoms with E-state index in [1.807, 2.05) is 39.0 Å². The van der Waals surface area contributed by atoms with E-state index in [2.05, 4.69) is 6.08 Å². The number of sulfonamides is 1. The van der Waals surface area contributed by atoms with Gasteiger partial charge in [0, 0.05) is 12.1 Å². The minimum Gasteiger partial charge on any atom is -0.207 e. The molecule has 0 unspecified atom stereocenters. The monoisotopic (exact) mass is 279 g/mol. The van der Waals surface area contributed by atoms with Crippen molar-refractivity contribution in [2.45, 2.75) is 50.6 Å². The average Bonchev–Trinajstić information content (AvgIpc) is 2.38. The lowest BCUT2D eigenvalue weighted by Crippen LogP contribution is -2.46. The summed E-state index contributed by atoms with van der Waals surface area (Å²) in [4.78, 5) is 0.388. The van der Waals surface area contributed by atoms with E-state index in [9.17, 15) is 8.42 Å². The second-order valence-corrected chi connectivity index (χ2v) is 6.96. The Labute approximate surface area is 116 Å². The molecule has 0 radical (unpaired) electrons. The molecule has 1 heterocycles. The fraction of sp³-hybridized carbons (Fsp3) is 0.467. The largest absolute Gasteiger partial charge is 0.243 e. The molecule has 0 bridgehead atoms. The molecule has 4 heteroatoms. The van der Waals surface area contributed by atoms with Crippen LogP contribution in [-0.4, -0.2) is 24.8 Å². The van der Waals surface area contributed by atoms with Crippen molar-refractivity contribution in [3.8, 4) is 0 Å². The topological polar surface area (TPSA) is 37.4 Å². The van der Waals surface area contributed by atoms with E-state index < -0.39 is 10.0 Å². The SMILES string of the molecule is CC[C@@H]1CC=C[C@@H](C)N1S(=O)(=O)c1ccc(C)cc1. The van der Waals surface area contributed by atoms with Crippen molar-refractivity contribution >= 4 is 10.0 Å². The highest BCUT2D eigenvalue weighted by Gasteiger charge is 2.34. The van der Waals surface area contributed by atoms with E-state index in [1.54, 1.807) is 16.4 Å². The van der Waals surface area contributed by atoms with Crippen LogP contribution < -0.4 is 0 Å². The zero-order valence-corrected chi connectivity index (χ0v) is 12.5. The molecule has 19 heavy (non-hydrogen) atoms. The molecule has 0 spiro atoms. The number of aryl methyl sites for hydroxylation is 1. The lowest BCUT2D eigenvalue weighted by molar-refractivity contribution is 0.272. The first-order chi connectivity index (χ1) is 8.96. The number of hydrogen-bond donors (Lipinski definition) is 0. The third-order valence-corrected chi connectivity index (χ3v) is 5.71. The van der Waals surface area contributed by atoms with Gasteiger partial charge in [0.25, 0.3) is 0 Å².